The third-order valence-corrected chi connectivity index (χ3v) is 4.63. The first-order valence-corrected chi connectivity index (χ1v) is 9.14. The first-order chi connectivity index (χ1) is 13.6. The monoisotopic (exact) mass is 397 g/mol. The maximum atomic E-state index is 12.1. The predicted octanol–water partition coefficient (Wildman–Crippen LogP) is 3.27. The molecule has 4 rings (SSSR count). The smallest absolute Gasteiger partial charge is 0.417 e. The molecule has 0 bridgehead atoms. The summed E-state index contributed by atoms with van der Waals surface area (Å²) in [5.74, 6) is 0.364. The average molecular weight is 397 g/mol. The molecule has 0 aliphatic heterocycles. The molecule has 2 heterocycles. The molecule has 0 radical (unpaired) electrons. The van der Waals surface area contributed by atoms with E-state index in [1.165, 1.54) is 11.3 Å². The van der Waals surface area contributed by atoms with E-state index in [4.69, 9.17) is 13.9 Å². The average Bonchev–Trinajstić information content (AvgIpc) is 3.31. The highest BCUT2D eigenvalue weighted by atomic mass is 32.1. The SMILES string of the molecule is COc1cccc(OCC(=O)Nc2nc(-c3ccc4oc(=O)[nH]c4c3)cs2)c1. The van der Waals surface area contributed by atoms with E-state index in [9.17, 15) is 9.59 Å². The molecule has 28 heavy (non-hydrogen) atoms. The molecule has 9 heteroatoms. The molecule has 0 saturated heterocycles. The van der Waals surface area contributed by atoms with Crippen LogP contribution < -0.4 is 20.5 Å². The van der Waals surface area contributed by atoms with Crippen LogP contribution in [0.3, 0.4) is 0 Å². The van der Waals surface area contributed by atoms with Crippen molar-refractivity contribution in [2.45, 2.75) is 0 Å². The van der Waals surface area contributed by atoms with Crippen molar-refractivity contribution in [3.63, 3.8) is 0 Å². The van der Waals surface area contributed by atoms with Gasteiger partial charge in [-0.1, -0.05) is 6.07 Å². The fraction of sp³-hybridized carbons (Fsp3) is 0.105. The van der Waals surface area contributed by atoms with E-state index < -0.39 is 5.76 Å². The molecule has 142 valence electrons. The predicted molar refractivity (Wildman–Crippen MR) is 105 cm³/mol. The lowest BCUT2D eigenvalue weighted by Crippen LogP contribution is -2.20. The number of hydrogen-bond acceptors (Lipinski definition) is 7. The Hall–Kier alpha value is -3.59. The van der Waals surface area contributed by atoms with Crippen LogP contribution in [0.2, 0.25) is 0 Å². The van der Waals surface area contributed by atoms with Crippen LogP contribution in [-0.4, -0.2) is 29.6 Å². The van der Waals surface area contributed by atoms with Crippen LogP contribution in [0.4, 0.5) is 5.13 Å². The van der Waals surface area contributed by atoms with Crippen LogP contribution in [0.5, 0.6) is 11.5 Å². The fourth-order valence-electron chi connectivity index (χ4n) is 2.57. The zero-order valence-corrected chi connectivity index (χ0v) is 15.5. The number of H-pyrrole nitrogens is 1. The molecule has 0 saturated carbocycles. The second-order valence-corrected chi connectivity index (χ2v) is 6.64. The molecule has 0 aliphatic carbocycles. The van der Waals surface area contributed by atoms with Crippen LogP contribution in [0.25, 0.3) is 22.4 Å². The molecule has 2 N–H and O–H groups in total. The van der Waals surface area contributed by atoms with Gasteiger partial charge in [-0.3, -0.25) is 15.1 Å². The number of methoxy groups -OCH3 is 1. The van der Waals surface area contributed by atoms with E-state index in [1.54, 1.807) is 49.6 Å². The van der Waals surface area contributed by atoms with Gasteiger partial charge in [0, 0.05) is 17.0 Å². The Morgan fingerprint density at radius 1 is 1.25 bits per heavy atom. The number of anilines is 1. The van der Waals surface area contributed by atoms with Crippen molar-refractivity contribution in [3.05, 3.63) is 58.4 Å². The third kappa shape index (κ3) is 3.89. The molecular formula is C19H15N3O5S. The second kappa shape index (κ2) is 7.57. The molecule has 0 aliphatic rings. The van der Waals surface area contributed by atoms with Gasteiger partial charge in [0.05, 0.1) is 18.3 Å². The Morgan fingerprint density at radius 2 is 2.11 bits per heavy atom. The summed E-state index contributed by atoms with van der Waals surface area (Å²) in [6.07, 6.45) is 0. The van der Waals surface area contributed by atoms with Crippen LogP contribution in [-0.2, 0) is 4.79 Å². The lowest BCUT2D eigenvalue weighted by Gasteiger charge is -2.07. The van der Waals surface area contributed by atoms with Gasteiger partial charge in [0.1, 0.15) is 11.5 Å². The van der Waals surface area contributed by atoms with Gasteiger partial charge in [-0.25, -0.2) is 9.78 Å². The molecule has 0 fully saturated rings. The standard InChI is InChI=1S/C19H15N3O5S/c1-25-12-3-2-4-13(8-12)26-9-17(23)22-18-20-15(10-28-18)11-5-6-16-14(7-11)21-19(24)27-16/h2-8,10H,9H2,1H3,(H,21,24)(H,20,22,23). The van der Waals surface area contributed by atoms with E-state index in [0.717, 1.165) is 5.56 Å². The lowest BCUT2D eigenvalue weighted by atomic mass is 10.1. The molecular weight excluding hydrogens is 382 g/mol. The van der Waals surface area contributed by atoms with E-state index in [-0.39, 0.29) is 12.5 Å². The number of aromatic nitrogens is 2. The Kier molecular flexibility index (Phi) is 4.81. The Bertz CT molecular complexity index is 1190. The number of ether oxygens (including phenoxy) is 2. The molecule has 1 amide bonds. The summed E-state index contributed by atoms with van der Waals surface area (Å²) in [6, 6.07) is 12.3. The van der Waals surface area contributed by atoms with Crippen LogP contribution in [0.1, 0.15) is 0 Å². The number of carbonyl (C=O) groups excluding carboxylic acids is 1. The first-order valence-electron chi connectivity index (χ1n) is 8.26. The Labute approximate surface area is 162 Å². The normalized spacial score (nSPS) is 10.8. The molecule has 2 aromatic heterocycles. The van der Waals surface area contributed by atoms with E-state index in [1.807, 2.05) is 5.38 Å². The molecule has 0 unspecified atom stereocenters. The van der Waals surface area contributed by atoms with Gasteiger partial charge in [0.2, 0.25) is 0 Å². The molecule has 4 aromatic rings. The number of amides is 1. The van der Waals surface area contributed by atoms with Crippen LogP contribution in [0.15, 0.2) is 57.1 Å². The number of nitrogens with zero attached hydrogens (tertiary/aromatic N) is 1. The fourth-order valence-corrected chi connectivity index (χ4v) is 3.31. The molecule has 0 spiro atoms. The highest BCUT2D eigenvalue weighted by Crippen LogP contribution is 2.27. The number of hydrogen-bond donors (Lipinski definition) is 2. The van der Waals surface area contributed by atoms with Gasteiger partial charge in [-0.05, 0) is 30.3 Å². The Balaban J connectivity index is 1.40. The van der Waals surface area contributed by atoms with E-state index in [0.29, 0.717) is 33.4 Å². The van der Waals surface area contributed by atoms with Crippen molar-refractivity contribution < 1.29 is 18.7 Å². The number of nitrogens with one attached hydrogen (secondary N) is 2. The quantitative estimate of drug-likeness (QED) is 0.517. The van der Waals surface area contributed by atoms with Crippen LogP contribution >= 0.6 is 11.3 Å². The van der Waals surface area contributed by atoms with E-state index >= 15 is 0 Å². The summed E-state index contributed by atoms with van der Waals surface area (Å²) in [5.41, 5.74) is 2.55. The number of aromatic amines is 1. The second-order valence-electron chi connectivity index (χ2n) is 5.78. The van der Waals surface area contributed by atoms with Gasteiger partial charge in [0.15, 0.2) is 17.3 Å². The van der Waals surface area contributed by atoms with Gasteiger partial charge in [-0.15, -0.1) is 11.3 Å². The Morgan fingerprint density at radius 3 is 2.96 bits per heavy atom. The van der Waals surface area contributed by atoms with Crippen molar-refractivity contribution in [2.24, 2.45) is 0 Å². The number of fused-ring (bicyclic) bond motifs is 1. The first kappa shape index (κ1) is 17.8. The summed E-state index contributed by atoms with van der Waals surface area (Å²) in [7, 11) is 1.56. The summed E-state index contributed by atoms with van der Waals surface area (Å²) >= 11 is 1.30. The zero-order chi connectivity index (χ0) is 19.5. The maximum absolute atomic E-state index is 12.1. The minimum atomic E-state index is -0.505. The summed E-state index contributed by atoms with van der Waals surface area (Å²) in [6.45, 7) is -0.149. The van der Waals surface area contributed by atoms with Gasteiger partial charge in [-0.2, -0.15) is 0 Å². The minimum Gasteiger partial charge on any atom is -0.497 e. The number of oxazole rings is 1. The van der Waals surface area contributed by atoms with Crippen molar-refractivity contribution in [1.29, 1.82) is 0 Å². The van der Waals surface area contributed by atoms with E-state index in [2.05, 4.69) is 15.3 Å². The number of thiazole rings is 1. The summed E-state index contributed by atoms with van der Waals surface area (Å²) < 4.78 is 15.6. The number of rotatable bonds is 6. The highest BCUT2D eigenvalue weighted by Gasteiger charge is 2.10. The maximum Gasteiger partial charge on any atom is 0.417 e. The zero-order valence-electron chi connectivity index (χ0n) is 14.7. The lowest BCUT2D eigenvalue weighted by molar-refractivity contribution is -0.118. The number of carbonyl (C=O) groups is 1. The van der Waals surface area contributed by atoms with Crippen molar-refractivity contribution in [1.82, 2.24) is 9.97 Å². The van der Waals surface area contributed by atoms with Crippen LogP contribution in [0, 0.1) is 0 Å². The van der Waals surface area contributed by atoms with Gasteiger partial charge < -0.3 is 13.9 Å². The van der Waals surface area contributed by atoms with Gasteiger partial charge in [0.25, 0.3) is 5.91 Å². The molecule has 2 aromatic carbocycles. The topological polar surface area (TPSA) is 106 Å². The molecule has 8 nitrogen and oxygen atoms in total. The van der Waals surface area contributed by atoms with Crippen molar-refractivity contribution >= 4 is 33.5 Å². The molecule has 0 atom stereocenters. The third-order valence-electron chi connectivity index (χ3n) is 3.88. The largest absolute Gasteiger partial charge is 0.497 e. The summed E-state index contributed by atoms with van der Waals surface area (Å²) in [4.78, 5) is 30.4. The highest BCUT2D eigenvalue weighted by molar-refractivity contribution is 7.14. The van der Waals surface area contributed by atoms with Crippen molar-refractivity contribution in [2.75, 3.05) is 19.0 Å². The van der Waals surface area contributed by atoms with Gasteiger partial charge >= 0.3 is 5.76 Å². The number of benzene rings is 2. The minimum absolute atomic E-state index is 0.149. The van der Waals surface area contributed by atoms with Crippen molar-refractivity contribution in [3.8, 4) is 22.8 Å². The summed E-state index contributed by atoms with van der Waals surface area (Å²) in [5, 5.41) is 4.98.